The average Bonchev–Trinajstić information content (AvgIpc) is 2.48. The largest absolute Gasteiger partial charge is 0.315 e. The van der Waals surface area contributed by atoms with Gasteiger partial charge in [-0.15, -0.1) is 12.4 Å². The Labute approximate surface area is 101 Å². The Morgan fingerprint density at radius 3 is 2.60 bits per heavy atom. The quantitative estimate of drug-likeness (QED) is 0.710. The lowest BCUT2D eigenvalue weighted by Crippen LogP contribution is -2.38. The maximum atomic E-state index is 5.93. The van der Waals surface area contributed by atoms with Crippen LogP contribution in [0.4, 0.5) is 0 Å². The number of nitrogens with one attached hydrogen (secondary N) is 2. The highest BCUT2D eigenvalue weighted by Gasteiger charge is 2.30. The summed E-state index contributed by atoms with van der Waals surface area (Å²) in [5.74, 6) is 0.355. The third-order valence-corrected chi connectivity index (χ3v) is 2.94. The van der Waals surface area contributed by atoms with Crippen molar-refractivity contribution in [3.05, 3.63) is 34.9 Å². The van der Waals surface area contributed by atoms with Crippen LogP contribution in [0, 0.1) is 5.92 Å². The molecule has 1 aliphatic rings. The van der Waals surface area contributed by atoms with Gasteiger partial charge in [0.1, 0.15) is 0 Å². The van der Waals surface area contributed by atoms with E-state index in [9.17, 15) is 0 Å². The summed E-state index contributed by atoms with van der Waals surface area (Å²) in [5.41, 5.74) is 13.2. The first-order valence-electron chi connectivity index (χ1n) is 4.70. The Morgan fingerprint density at radius 2 is 2.07 bits per heavy atom. The topological polar surface area (TPSA) is 50.1 Å². The Kier molecular flexibility index (Phi) is 4.37. The fourth-order valence-corrected chi connectivity index (χ4v) is 1.94. The Morgan fingerprint density at radius 1 is 1.33 bits per heavy atom. The molecule has 3 unspecified atom stereocenters. The second kappa shape index (κ2) is 5.14. The molecular weight excluding hydrogens is 233 g/mol. The third-order valence-electron chi connectivity index (χ3n) is 2.71. The summed E-state index contributed by atoms with van der Waals surface area (Å²) in [7, 11) is 0. The van der Waals surface area contributed by atoms with E-state index in [1.807, 2.05) is 18.2 Å². The van der Waals surface area contributed by atoms with Crippen LogP contribution in [0.25, 0.3) is 0 Å². The van der Waals surface area contributed by atoms with Gasteiger partial charge in [0.05, 0.1) is 12.2 Å². The van der Waals surface area contributed by atoms with E-state index in [0.717, 1.165) is 5.02 Å². The second-order valence-corrected chi connectivity index (χ2v) is 4.14. The molecule has 2 rings (SSSR count). The van der Waals surface area contributed by atoms with E-state index in [1.54, 1.807) is 0 Å². The molecule has 0 aliphatic carbocycles. The molecular formula is C10H15Cl2N3. The van der Waals surface area contributed by atoms with Crippen LogP contribution in [0.1, 0.15) is 18.5 Å². The minimum atomic E-state index is -0.000943. The fourth-order valence-electron chi connectivity index (χ4n) is 1.74. The van der Waals surface area contributed by atoms with E-state index in [4.69, 9.17) is 17.3 Å². The van der Waals surface area contributed by atoms with E-state index in [-0.39, 0.29) is 24.6 Å². The van der Waals surface area contributed by atoms with Gasteiger partial charge in [-0.05, 0) is 17.7 Å². The molecule has 1 aromatic carbocycles. The van der Waals surface area contributed by atoms with Gasteiger partial charge in [-0.2, -0.15) is 0 Å². The van der Waals surface area contributed by atoms with Gasteiger partial charge in [0.2, 0.25) is 0 Å². The molecule has 0 spiro atoms. The maximum Gasteiger partial charge on any atom is 0.0723 e. The number of halogens is 2. The van der Waals surface area contributed by atoms with Crippen LogP contribution in [0.5, 0.6) is 0 Å². The summed E-state index contributed by atoms with van der Waals surface area (Å²) in [5, 5.41) is 0.761. The normalized spacial score (nSPS) is 29.9. The summed E-state index contributed by atoms with van der Waals surface area (Å²) in [6.45, 7) is 2.11. The fraction of sp³-hybridized carbons (Fsp3) is 0.400. The Hall–Kier alpha value is -0.320. The third kappa shape index (κ3) is 2.62. The Balaban J connectivity index is 0.00000112. The molecule has 84 valence electrons. The molecule has 0 bridgehead atoms. The SMILES string of the molecule is CC1C(N)NNC1c1cccc(Cl)c1.Cl. The van der Waals surface area contributed by atoms with E-state index >= 15 is 0 Å². The van der Waals surface area contributed by atoms with Crippen LogP contribution >= 0.6 is 24.0 Å². The smallest absolute Gasteiger partial charge is 0.0723 e. The average molecular weight is 248 g/mol. The highest BCUT2D eigenvalue weighted by atomic mass is 35.5. The highest BCUT2D eigenvalue weighted by molar-refractivity contribution is 6.30. The number of nitrogens with two attached hydrogens (primary N) is 1. The zero-order valence-electron chi connectivity index (χ0n) is 8.41. The van der Waals surface area contributed by atoms with Gasteiger partial charge in [0.25, 0.3) is 0 Å². The van der Waals surface area contributed by atoms with Gasteiger partial charge in [-0.3, -0.25) is 0 Å². The van der Waals surface area contributed by atoms with Gasteiger partial charge in [0.15, 0.2) is 0 Å². The molecule has 1 heterocycles. The predicted molar refractivity (Wildman–Crippen MR) is 64.9 cm³/mol. The summed E-state index contributed by atoms with van der Waals surface area (Å²) in [6, 6.07) is 8.09. The lowest BCUT2D eigenvalue weighted by Gasteiger charge is -2.16. The van der Waals surface area contributed by atoms with Crippen molar-refractivity contribution in [1.29, 1.82) is 0 Å². The number of hydrogen-bond acceptors (Lipinski definition) is 3. The van der Waals surface area contributed by atoms with Gasteiger partial charge in [0, 0.05) is 10.9 Å². The lowest BCUT2D eigenvalue weighted by atomic mass is 9.95. The highest BCUT2D eigenvalue weighted by Crippen LogP contribution is 2.27. The minimum absolute atomic E-state index is 0. The van der Waals surface area contributed by atoms with Crippen molar-refractivity contribution in [3.8, 4) is 0 Å². The lowest BCUT2D eigenvalue weighted by molar-refractivity contribution is 0.463. The summed E-state index contributed by atoms with van der Waals surface area (Å²) >= 11 is 5.93. The standard InChI is InChI=1S/C10H14ClN3.ClH/c1-6-9(13-14-10(6)12)7-3-2-4-8(11)5-7;/h2-6,9-10,13-14H,12H2,1H3;1H. The molecule has 1 aliphatic heterocycles. The molecule has 3 nitrogen and oxygen atoms in total. The Bertz CT molecular complexity index is 332. The predicted octanol–water partition coefficient (Wildman–Crippen LogP) is 1.83. The summed E-state index contributed by atoms with van der Waals surface area (Å²) in [6.07, 6.45) is -0.000943. The summed E-state index contributed by atoms with van der Waals surface area (Å²) in [4.78, 5) is 0. The van der Waals surface area contributed by atoms with Crippen molar-refractivity contribution in [3.63, 3.8) is 0 Å². The minimum Gasteiger partial charge on any atom is -0.315 e. The molecule has 0 amide bonds. The molecule has 1 fully saturated rings. The van der Waals surface area contributed by atoms with Crippen LogP contribution in [0.15, 0.2) is 24.3 Å². The van der Waals surface area contributed by atoms with Crippen molar-refractivity contribution in [2.45, 2.75) is 19.1 Å². The zero-order valence-corrected chi connectivity index (χ0v) is 9.98. The number of hydrazine groups is 1. The van der Waals surface area contributed by atoms with Crippen LogP contribution in [-0.4, -0.2) is 6.17 Å². The van der Waals surface area contributed by atoms with Crippen LogP contribution in [0.3, 0.4) is 0 Å². The molecule has 1 aromatic rings. The number of rotatable bonds is 1. The van der Waals surface area contributed by atoms with E-state index in [2.05, 4.69) is 23.8 Å². The first-order chi connectivity index (χ1) is 6.68. The van der Waals surface area contributed by atoms with E-state index in [1.165, 1.54) is 5.56 Å². The van der Waals surface area contributed by atoms with Crippen molar-refractivity contribution in [2.24, 2.45) is 11.7 Å². The number of hydrogen-bond donors (Lipinski definition) is 3. The van der Waals surface area contributed by atoms with Crippen LogP contribution < -0.4 is 16.6 Å². The van der Waals surface area contributed by atoms with E-state index < -0.39 is 0 Å². The molecule has 0 aromatic heterocycles. The first kappa shape index (κ1) is 12.7. The van der Waals surface area contributed by atoms with Gasteiger partial charge in [-0.1, -0.05) is 30.7 Å². The molecule has 1 saturated heterocycles. The van der Waals surface area contributed by atoms with E-state index in [0.29, 0.717) is 5.92 Å². The summed E-state index contributed by atoms with van der Waals surface area (Å²) < 4.78 is 0. The molecule has 0 radical (unpaired) electrons. The molecule has 5 heteroatoms. The van der Waals surface area contributed by atoms with Crippen molar-refractivity contribution >= 4 is 24.0 Å². The molecule has 3 atom stereocenters. The van der Waals surface area contributed by atoms with Gasteiger partial charge < -0.3 is 5.73 Å². The second-order valence-electron chi connectivity index (χ2n) is 3.71. The molecule has 0 saturated carbocycles. The number of benzene rings is 1. The maximum absolute atomic E-state index is 5.93. The van der Waals surface area contributed by atoms with Crippen molar-refractivity contribution in [2.75, 3.05) is 0 Å². The van der Waals surface area contributed by atoms with Crippen LogP contribution in [-0.2, 0) is 0 Å². The van der Waals surface area contributed by atoms with Gasteiger partial charge >= 0.3 is 0 Å². The van der Waals surface area contributed by atoms with Gasteiger partial charge in [-0.25, -0.2) is 10.9 Å². The van der Waals surface area contributed by atoms with Crippen molar-refractivity contribution in [1.82, 2.24) is 10.9 Å². The first-order valence-corrected chi connectivity index (χ1v) is 5.08. The zero-order chi connectivity index (χ0) is 10.1. The van der Waals surface area contributed by atoms with Crippen molar-refractivity contribution < 1.29 is 0 Å². The molecule has 15 heavy (non-hydrogen) atoms. The van der Waals surface area contributed by atoms with Crippen LogP contribution in [0.2, 0.25) is 5.02 Å². The molecule has 4 N–H and O–H groups in total. The monoisotopic (exact) mass is 247 g/mol.